The topological polar surface area (TPSA) is 75.4 Å². The summed E-state index contributed by atoms with van der Waals surface area (Å²) in [7, 11) is 1.75. The standard InChI is InChI=1S/C14H23N3O3/c1-5-11-9-12(16(4)15-11)14(20)17(10(2)3)8-6-7-13(18)19/h9-10H,5-8H2,1-4H3,(H,18,19). The van der Waals surface area contributed by atoms with E-state index in [0.717, 1.165) is 12.1 Å². The van der Waals surface area contributed by atoms with E-state index < -0.39 is 5.97 Å². The lowest BCUT2D eigenvalue weighted by atomic mass is 10.2. The molecule has 0 saturated carbocycles. The van der Waals surface area contributed by atoms with Gasteiger partial charge in [-0.1, -0.05) is 6.92 Å². The van der Waals surface area contributed by atoms with Crippen LogP contribution in [0.3, 0.4) is 0 Å². The predicted octanol–water partition coefficient (Wildman–Crippen LogP) is 1.70. The van der Waals surface area contributed by atoms with Crippen molar-refractivity contribution >= 4 is 11.9 Å². The fourth-order valence-electron chi connectivity index (χ4n) is 2.04. The molecule has 1 heterocycles. The molecule has 0 radical (unpaired) electrons. The maximum atomic E-state index is 12.5. The summed E-state index contributed by atoms with van der Waals surface area (Å²) in [5, 5.41) is 13.0. The van der Waals surface area contributed by atoms with Crippen molar-refractivity contribution in [2.24, 2.45) is 7.05 Å². The van der Waals surface area contributed by atoms with Gasteiger partial charge in [0.2, 0.25) is 0 Å². The van der Waals surface area contributed by atoms with Gasteiger partial charge >= 0.3 is 5.97 Å². The second-order valence-corrected chi connectivity index (χ2v) is 5.09. The van der Waals surface area contributed by atoms with E-state index in [9.17, 15) is 9.59 Å². The van der Waals surface area contributed by atoms with Crippen LogP contribution in [-0.2, 0) is 18.3 Å². The van der Waals surface area contributed by atoms with E-state index in [0.29, 0.717) is 18.7 Å². The zero-order chi connectivity index (χ0) is 15.3. The molecule has 0 fully saturated rings. The SMILES string of the molecule is CCc1cc(C(=O)N(CCCC(=O)O)C(C)C)n(C)n1. The summed E-state index contributed by atoms with van der Waals surface area (Å²) in [6.07, 6.45) is 1.31. The second kappa shape index (κ2) is 7.07. The Morgan fingerprint density at radius 1 is 1.45 bits per heavy atom. The Balaban J connectivity index is 2.82. The van der Waals surface area contributed by atoms with Crippen molar-refractivity contribution in [2.45, 2.75) is 46.1 Å². The average Bonchev–Trinajstić information content (AvgIpc) is 2.74. The van der Waals surface area contributed by atoms with E-state index in [4.69, 9.17) is 5.11 Å². The van der Waals surface area contributed by atoms with E-state index in [1.807, 2.05) is 20.8 Å². The van der Waals surface area contributed by atoms with Gasteiger partial charge in [0, 0.05) is 26.1 Å². The number of carbonyl (C=O) groups is 2. The van der Waals surface area contributed by atoms with Crippen molar-refractivity contribution in [3.8, 4) is 0 Å². The summed E-state index contributed by atoms with van der Waals surface area (Å²) in [4.78, 5) is 24.8. The van der Waals surface area contributed by atoms with Crippen LogP contribution in [0.1, 0.15) is 49.8 Å². The van der Waals surface area contributed by atoms with E-state index in [2.05, 4.69) is 5.10 Å². The molecule has 0 spiro atoms. The molecule has 0 aliphatic heterocycles. The van der Waals surface area contributed by atoms with Crippen LogP contribution < -0.4 is 0 Å². The highest BCUT2D eigenvalue weighted by Crippen LogP contribution is 2.11. The highest BCUT2D eigenvalue weighted by atomic mass is 16.4. The van der Waals surface area contributed by atoms with Crippen molar-refractivity contribution < 1.29 is 14.7 Å². The smallest absolute Gasteiger partial charge is 0.303 e. The number of rotatable bonds is 7. The molecular formula is C14H23N3O3. The molecule has 1 aromatic heterocycles. The molecule has 0 aliphatic rings. The van der Waals surface area contributed by atoms with Crippen molar-refractivity contribution in [1.82, 2.24) is 14.7 Å². The number of nitrogens with zero attached hydrogens (tertiary/aromatic N) is 3. The first-order chi connectivity index (χ1) is 9.36. The molecular weight excluding hydrogens is 258 g/mol. The lowest BCUT2D eigenvalue weighted by Gasteiger charge is -2.26. The molecule has 20 heavy (non-hydrogen) atoms. The Kier molecular flexibility index (Phi) is 5.73. The monoisotopic (exact) mass is 281 g/mol. The minimum Gasteiger partial charge on any atom is -0.481 e. The fourth-order valence-corrected chi connectivity index (χ4v) is 2.04. The van der Waals surface area contributed by atoms with E-state index in [1.165, 1.54) is 0 Å². The molecule has 1 amide bonds. The third kappa shape index (κ3) is 4.08. The van der Waals surface area contributed by atoms with Crippen LogP contribution in [0.25, 0.3) is 0 Å². The van der Waals surface area contributed by atoms with Gasteiger partial charge in [0.05, 0.1) is 5.69 Å². The molecule has 6 nitrogen and oxygen atoms in total. The Morgan fingerprint density at radius 3 is 2.55 bits per heavy atom. The Hall–Kier alpha value is -1.85. The van der Waals surface area contributed by atoms with Gasteiger partial charge in [0.25, 0.3) is 5.91 Å². The Morgan fingerprint density at radius 2 is 2.10 bits per heavy atom. The zero-order valence-corrected chi connectivity index (χ0v) is 12.6. The molecule has 0 atom stereocenters. The molecule has 0 saturated heterocycles. The minimum absolute atomic E-state index is 0.0243. The van der Waals surface area contributed by atoms with Gasteiger partial charge in [-0.3, -0.25) is 14.3 Å². The maximum absolute atomic E-state index is 12.5. The molecule has 1 aromatic rings. The van der Waals surface area contributed by atoms with Crippen molar-refractivity contribution in [3.05, 3.63) is 17.5 Å². The van der Waals surface area contributed by atoms with Crippen LogP contribution in [0.2, 0.25) is 0 Å². The first-order valence-electron chi connectivity index (χ1n) is 6.92. The molecule has 1 N–H and O–H groups in total. The first-order valence-corrected chi connectivity index (χ1v) is 6.92. The van der Waals surface area contributed by atoms with Crippen molar-refractivity contribution in [1.29, 1.82) is 0 Å². The lowest BCUT2D eigenvalue weighted by Crippen LogP contribution is -2.38. The van der Waals surface area contributed by atoms with Gasteiger partial charge in [0.15, 0.2) is 0 Å². The normalized spacial score (nSPS) is 10.8. The van der Waals surface area contributed by atoms with Gasteiger partial charge in [-0.25, -0.2) is 0 Å². The van der Waals surface area contributed by atoms with Crippen molar-refractivity contribution in [2.75, 3.05) is 6.54 Å². The second-order valence-electron chi connectivity index (χ2n) is 5.09. The van der Waals surface area contributed by atoms with Crippen LogP contribution in [0, 0.1) is 0 Å². The molecule has 1 rings (SSSR count). The number of hydrogen-bond acceptors (Lipinski definition) is 3. The zero-order valence-electron chi connectivity index (χ0n) is 12.6. The van der Waals surface area contributed by atoms with Gasteiger partial charge < -0.3 is 10.0 Å². The number of aromatic nitrogens is 2. The molecule has 0 bridgehead atoms. The Bertz CT molecular complexity index is 480. The Labute approximate surface area is 119 Å². The van der Waals surface area contributed by atoms with Crippen LogP contribution in [0.15, 0.2) is 6.07 Å². The van der Waals surface area contributed by atoms with E-state index in [-0.39, 0.29) is 18.4 Å². The summed E-state index contributed by atoms with van der Waals surface area (Å²) in [5.41, 5.74) is 1.43. The summed E-state index contributed by atoms with van der Waals surface area (Å²) in [6.45, 7) is 6.28. The number of amides is 1. The molecule has 6 heteroatoms. The van der Waals surface area contributed by atoms with E-state index >= 15 is 0 Å². The van der Waals surface area contributed by atoms with E-state index in [1.54, 1.807) is 22.7 Å². The number of aryl methyl sites for hydroxylation is 2. The fraction of sp³-hybridized carbons (Fsp3) is 0.643. The van der Waals surface area contributed by atoms with Crippen LogP contribution in [-0.4, -0.2) is 44.3 Å². The van der Waals surface area contributed by atoms with Gasteiger partial charge in [-0.05, 0) is 32.8 Å². The highest BCUT2D eigenvalue weighted by molar-refractivity contribution is 5.93. The largest absolute Gasteiger partial charge is 0.481 e. The average molecular weight is 281 g/mol. The maximum Gasteiger partial charge on any atom is 0.303 e. The number of hydrogen-bond donors (Lipinski definition) is 1. The molecule has 112 valence electrons. The van der Waals surface area contributed by atoms with Crippen LogP contribution in [0.5, 0.6) is 0 Å². The third-order valence-corrected chi connectivity index (χ3v) is 3.19. The third-order valence-electron chi connectivity index (χ3n) is 3.19. The number of carbonyl (C=O) groups excluding carboxylic acids is 1. The number of carboxylic acid groups (broad SMARTS) is 1. The lowest BCUT2D eigenvalue weighted by molar-refractivity contribution is -0.137. The highest BCUT2D eigenvalue weighted by Gasteiger charge is 2.22. The summed E-state index contributed by atoms with van der Waals surface area (Å²) >= 11 is 0. The first kappa shape index (κ1) is 16.2. The molecule has 0 unspecified atom stereocenters. The molecule has 0 aromatic carbocycles. The van der Waals surface area contributed by atoms with Crippen LogP contribution >= 0.6 is 0 Å². The summed E-state index contributed by atoms with van der Waals surface area (Å²) in [5.74, 6) is -0.935. The molecule has 0 aliphatic carbocycles. The quantitative estimate of drug-likeness (QED) is 0.825. The number of carboxylic acids is 1. The van der Waals surface area contributed by atoms with Crippen LogP contribution in [0.4, 0.5) is 0 Å². The summed E-state index contributed by atoms with van der Waals surface area (Å²) < 4.78 is 1.59. The van der Waals surface area contributed by atoms with Crippen molar-refractivity contribution in [3.63, 3.8) is 0 Å². The minimum atomic E-state index is -0.838. The summed E-state index contributed by atoms with van der Waals surface area (Å²) in [6, 6.07) is 1.82. The number of aliphatic carboxylic acids is 1. The van der Waals surface area contributed by atoms with Gasteiger partial charge in [-0.15, -0.1) is 0 Å². The van der Waals surface area contributed by atoms with Gasteiger partial charge in [0.1, 0.15) is 5.69 Å². The van der Waals surface area contributed by atoms with Gasteiger partial charge in [-0.2, -0.15) is 5.10 Å². The predicted molar refractivity (Wildman–Crippen MR) is 75.6 cm³/mol.